The largest absolute Gasteiger partial charge is 0.375 e. The Morgan fingerprint density at radius 2 is 2.00 bits per heavy atom. The van der Waals surface area contributed by atoms with Gasteiger partial charge < -0.3 is 10.1 Å². The average Bonchev–Trinajstić information content (AvgIpc) is 2.99. The number of benzene rings is 1. The van der Waals surface area contributed by atoms with E-state index in [-0.39, 0.29) is 11.6 Å². The summed E-state index contributed by atoms with van der Waals surface area (Å²) >= 11 is 1.82. The number of thiophene rings is 1. The zero-order chi connectivity index (χ0) is 14.7. The van der Waals surface area contributed by atoms with E-state index < -0.39 is 0 Å². The maximum absolute atomic E-state index is 5.84. The molecule has 3 rings (SSSR count). The Balaban J connectivity index is 1.80. The highest BCUT2D eigenvalue weighted by atomic mass is 32.1. The van der Waals surface area contributed by atoms with Crippen LogP contribution in [0.25, 0.3) is 0 Å². The summed E-state index contributed by atoms with van der Waals surface area (Å²) in [6.45, 7) is 5.21. The molecular formula is C18H23NOS. The van der Waals surface area contributed by atoms with Crippen molar-refractivity contribution in [2.45, 2.75) is 44.4 Å². The first-order valence-corrected chi connectivity index (χ1v) is 8.50. The summed E-state index contributed by atoms with van der Waals surface area (Å²) in [5.41, 5.74) is 1.32. The van der Waals surface area contributed by atoms with Gasteiger partial charge in [0.05, 0.1) is 11.6 Å². The third kappa shape index (κ3) is 3.73. The van der Waals surface area contributed by atoms with Crippen molar-refractivity contribution in [2.24, 2.45) is 0 Å². The first-order valence-electron chi connectivity index (χ1n) is 7.62. The lowest BCUT2D eigenvalue weighted by atomic mass is 9.92. The second-order valence-electron chi connectivity index (χ2n) is 6.32. The van der Waals surface area contributed by atoms with E-state index in [1.54, 1.807) is 0 Å². The number of ether oxygens (including phenoxy) is 1. The average molecular weight is 301 g/mol. The molecule has 0 saturated carbocycles. The number of hydrogen-bond acceptors (Lipinski definition) is 3. The van der Waals surface area contributed by atoms with E-state index in [9.17, 15) is 0 Å². The molecule has 2 heterocycles. The Labute approximate surface area is 131 Å². The molecule has 1 aromatic heterocycles. The number of nitrogens with one attached hydrogen (secondary N) is 1. The highest BCUT2D eigenvalue weighted by Crippen LogP contribution is 2.30. The lowest BCUT2D eigenvalue weighted by Crippen LogP contribution is -2.45. The van der Waals surface area contributed by atoms with Crippen molar-refractivity contribution in [1.29, 1.82) is 0 Å². The summed E-state index contributed by atoms with van der Waals surface area (Å²) in [5, 5.41) is 6.01. The molecule has 1 N–H and O–H groups in total. The third-order valence-corrected chi connectivity index (χ3v) is 5.00. The van der Waals surface area contributed by atoms with Crippen LogP contribution in [0, 0.1) is 0 Å². The van der Waals surface area contributed by atoms with Crippen LogP contribution in [0.4, 0.5) is 0 Å². The standard InChI is InChI=1S/C18H23NOS/c1-18(2)13-15(10-11-20-18)19-17(16-9-6-12-21-16)14-7-4-3-5-8-14/h3-9,12,15,17,19H,10-11,13H2,1-2H3. The van der Waals surface area contributed by atoms with Gasteiger partial charge in [-0.15, -0.1) is 11.3 Å². The van der Waals surface area contributed by atoms with Crippen LogP contribution in [0.1, 0.15) is 43.2 Å². The van der Waals surface area contributed by atoms with Crippen molar-refractivity contribution < 1.29 is 4.74 Å². The molecule has 2 nitrogen and oxygen atoms in total. The van der Waals surface area contributed by atoms with Gasteiger partial charge in [-0.25, -0.2) is 0 Å². The molecule has 1 aromatic carbocycles. The SMILES string of the molecule is CC1(C)CC(NC(c2ccccc2)c2cccs2)CCO1. The van der Waals surface area contributed by atoms with Gasteiger partial charge in [0.15, 0.2) is 0 Å². The first kappa shape index (κ1) is 14.8. The van der Waals surface area contributed by atoms with Gasteiger partial charge >= 0.3 is 0 Å². The predicted molar refractivity (Wildman–Crippen MR) is 88.8 cm³/mol. The van der Waals surface area contributed by atoms with E-state index in [2.05, 4.69) is 67.0 Å². The van der Waals surface area contributed by atoms with Gasteiger partial charge in [-0.2, -0.15) is 0 Å². The van der Waals surface area contributed by atoms with Crippen molar-refractivity contribution >= 4 is 11.3 Å². The van der Waals surface area contributed by atoms with E-state index in [1.165, 1.54) is 10.4 Å². The zero-order valence-corrected chi connectivity index (χ0v) is 13.5. The van der Waals surface area contributed by atoms with Gasteiger partial charge in [-0.05, 0) is 43.7 Å². The summed E-state index contributed by atoms with van der Waals surface area (Å²) in [4.78, 5) is 1.38. The fourth-order valence-corrected chi connectivity index (χ4v) is 3.87. The normalized spacial score (nSPS) is 22.9. The third-order valence-electron chi connectivity index (χ3n) is 4.06. The smallest absolute Gasteiger partial charge is 0.0673 e. The van der Waals surface area contributed by atoms with E-state index in [1.807, 2.05) is 11.3 Å². The molecule has 2 atom stereocenters. The van der Waals surface area contributed by atoms with E-state index in [0.717, 1.165) is 19.4 Å². The molecular weight excluding hydrogens is 278 g/mol. The van der Waals surface area contributed by atoms with Gasteiger partial charge in [0.1, 0.15) is 0 Å². The molecule has 21 heavy (non-hydrogen) atoms. The van der Waals surface area contributed by atoms with Gasteiger partial charge in [-0.1, -0.05) is 36.4 Å². The zero-order valence-electron chi connectivity index (χ0n) is 12.7. The molecule has 0 amide bonds. The van der Waals surface area contributed by atoms with Gasteiger partial charge in [0, 0.05) is 17.5 Å². The fraction of sp³-hybridized carbons (Fsp3) is 0.444. The quantitative estimate of drug-likeness (QED) is 0.904. The number of hydrogen-bond donors (Lipinski definition) is 1. The monoisotopic (exact) mass is 301 g/mol. The molecule has 0 spiro atoms. The molecule has 3 heteroatoms. The lowest BCUT2D eigenvalue weighted by Gasteiger charge is -2.37. The minimum atomic E-state index is -0.0212. The molecule has 0 radical (unpaired) electrons. The topological polar surface area (TPSA) is 21.3 Å². The summed E-state index contributed by atoms with van der Waals surface area (Å²) in [7, 11) is 0. The van der Waals surface area contributed by atoms with Crippen LogP contribution in [0.15, 0.2) is 47.8 Å². The Bertz CT molecular complexity index is 550. The Hall–Kier alpha value is -1.16. The molecule has 2 aromatic rings. The maximum Gasteiger partial charge on any atom is 0.0673 e. The Morgan fingerprint density at radius 1 is 1.19 bits per heavy atom. The minimum absolute atomic E-state index is 0.0212. The molecule has 0 aliphatic carbocycles. The molecule has 2 unspecified atom stereocenters. The van der Waals surface area contributed by atoms with E-state index in [0.29, 0.717) is 6.04 Å². The molecule has 1 fully saturated rings. The van der Waals surface area contributed by atoms with Crippen LogP contribution in [-0.2, 0) is 4.74 Å². The predicted octanol–water partition coefficient (Wildman–Crippen LogP) is 4.38. The van der Waals surface area contributed by atoms with Crippen molar-refractivity contribution in [2.75, 3.05) is 6.61 Å². The summed E-state index contributed by atoms with van der Waals surface area (Å²) in [6.07, 6.45) is 2.14. The lowest BCUT2D eigenvalue weighted by molar-refractivity contribution is -0.0637. The first-order chi connectivity index (χ1) is 10.1. The van der Waals surface area contributed by atoms with Crippen LogP contribution < -0.4 is 5.32 Å². The van der Waals surface area contributed by atoms with Crippen LogP contribution in [0.3, 0.4) is 0 Å². The molecule has 1 saturated heterocycles. The summed E-state index contributed by atoms with van der Waals surface area (Å²) in [6, 6.07) is 15.9. The second kappa shape index (κ2) is 6.30. The van der Waals surface area contributed by atoms with Crippen molar-refractivity contribution in [3.05, 3.63) is 58.3 Å². The van der Waals surface area contributed by atoms with Crippen molar-refractivity contribution in [1.82, 2.24) is 5.32 Å². The van der Waals surface area contributed by atoms with E-state index in [4.69, 9.17) is 4.74 Å². The maximum atomic E-state index is 5.84. The van der Waals surface area contributed by atoms with Gasteiger partial charge in [-0.3, -0.25) is 0 Å². The fourth-order valence-electron chi connectivity index (χ4n) is 3.05. The van der Waals surface area contributed by atoms with Crippen molar-refractivity contribution in [3.8, 4) is 0 Å². The molecule has 1 aliphatic rings. The highest BCUT2D eigenvalue weighted by Gasteiger charge is 2.30. The summed E-state index contributed by atoms with van der Waals surface area (Å²) in [5.74, 6) is 0. The number of rotatable bonds is 4. The Kier molecular flexibility index (Phi) is 4.43. The van der Waals surface area contributed by atoms with Crippen LogP contribution in [0.5, 0.6) is 0 Å². The Morgan fingerprint density at radius 3 is 2.67 bits per heavy atom. The summed E-state index contributed by atoms with van der Waals surface area (Å²) < 4.78 is 5.84. The minimum Gasteiger partial charge on any atom is -0.375 e. The molecule has 1 aliphatic heterocycles. The molecule has 112 valence electrons. The van der Waals surface area contributed by atoms with Crippen LogP contribution in [0.2, 0.25) is 0 Å². The highest BCUT2D eigenvalue weighted by molar-refractivity contribution is 7.10. The van der Waals surface area contributed by atoms with Crippen molar-refractivity contribution in [3.63, 3.8) is 0 Å². The van der Waals surface area contributed by atoms with Gasteiger partial charge in [0.2, 0.25) is 0 Å². The van der Waals surface area contributed by atoms with E-state index >= 15 is 0 Å². The van der Waals surface area contributed by atoms with Crippen LogP contribution >= 0.6 is 11.3 Å². The van der Waals surface area contributed by atoms with Gasteiger partial charge in [0.25, 0.3) is 0 Å². The second-order valence-corrected chi connectivity index (χ2v) is 7.30. The molecule has 0 bridgehead atoms. The van der Waals surface area contributed by atoms with Crippen LogP contribution in [-0.4, -0.2) is 18.2 Å².